The van der Waals surface area contributed by atoms with E-state index >= 15 is 0 Å². The van der Waals surface area contributed by atoms with E-state index in [-0.39, 0.29) is 5.75 Å². The van der Waals surface area contributed by atoms with Crippen molar-refractivity contribution in [2.24, 2.45) is 0 Å². The van der Waals surface area contributed by atoms with Gasteiger partial charge in [-0.25, -0.2) is 8.42 Å². The van der Waals surface area contributed by atoms with E-state index in [4.69, 9.17) is 0 Å². The molecule has 78 valence electrons. The maximum absolute atomic E-state index is 11.7. The monoisotopic (exact) mass is 276 g/mol. The summed E-state index contributed by atoms with van der Waals surface area (Å²) in [6, 6.07) is 6.77. The molecule has 1 aromatic carbocycles. The summed E-state index contributed by atoms with van der Waals surface area (Å²) in [6.45, 7) is 1.98. The van der Waals surface area contributed by atoms with Crippen molar-refractivity contribution in [3.63, 3.8) is 0 Å². The minimum Gasteiger partial charge on any atom is -0.224 e. The van der Waals surface area contributed by atoms with Gasteiger partial charge in [-0.05, 0) is 30.7 Å². The summed E-state index contributed by atoms with van der Waals surface area (Å²) in [5.41, 5.74) is 0. The zero-order valence-corrected chi connectivity index (χ0v) is 10.4. The minimum absolute atomic E-state index is 0.241. The fourth-order valence-electron chi connectivity index (χ4n) is 1.09. The molecule has 0 aliphatic heterocycles. The molecule has 0 atom stereocenters. The third-order valence-corrected chi connectivity index (χ3v) is 4.28. The van der Waals surface area contributed by atoms with Gasteiger partial charge in [0.2, 0.25) is 0 Å². The van der Waals surface area contributed by atoms with Crippen molar-refractivity contribution in [3.05, 3.63) is 28.7 Å². The maximum Gasteiger partial charge on any atom is 0.178 e. The zero-order chi connectivity index (χ0) is 10.6. The average molecular weight is 277 g/mol. The van der Waals surface area contributed by atoms with E-state index in [9.17, 15) is 8.42 Å². The number of unbranched alkanes of at least 4 members (excludes halogenated alkanes) is 1. The van der Waals surface area contributed by atoms with Gasteiger partial charge in [-0.15, -0.1) is 0 Å². The van der Waals surface area contributed by atoms with Crippen LogP contribution in [0.3, 0.4) is 0 Å². The molecule has 0 spiro atoms. The third kappa shape index (κ3) is 3.10. The van der Waals surface area contributed by atoms with Crippen molar-refractivity contribution in [2.45, 2.75) is 24.7 Å². The Bertz CT molecular complexity index is 381. The highest BCUT2D eigenvalue weighted by Crippen LogP contribution is 2.16. The summed E-state index contributed by atoms with van der Waals surface area (Å²) in [5.74, 6) is 0.241. The highest BCUT2D eigenvalue weighted by Gasteiger charge is 2.12. The Labute approximate surface area is 93.4 Å². The van der Waals surface area contributed by atoms with Gasteiger partial charge in [-0.3, -0.25) is 0 Å². The average Bonchev–Trinajstić information content (AvgIpc) is 2.16. The molecule has 0 saturated heterocycles. The number of hydrogen-bond acceptors (Lipinski definition) is 2. The van der Waals surface area contributed by atoms with E-state index in [2.05, 4.69) is 15.9 Å². The molecule has 1 rings (SSSR count). The van der Waals surface area contributed by atoms with Crippen LogP contribution in [0.4, 0.5) is 0 Å². The summed E-state index contributed by atoms with van der Waals surface area (Å²) in [5, 5.41) is 0. The second-order valence-electron chi connectivity index (χ2n) is 3.13. The van der Waals surface area contributed by atoms with Gasteiger partial charge in [-0.2, -0.15) is 0 Å². The fraction of sp³-hybridized carbons (Fsp3) is 0.400. The SMILES string of the molecule is CCCCS(=O)(=O)c1ccc(Br)cc1. The lowest BCUT2D eigenvalue weighted by molar-refractivity contribution is 0.592. The number of rotatable bonds is 4. The second-order valence-corrected chi connectivity index (χ2v) is 6.15. The highest BCUT2D eigenvalue weighted by molar-refractivity contribution is 9.10. The lowest BCUT2D eigenvalue weighted by Gasteiger charge is -2.02. The first-order chi connectivity index (χ1) is 6.56. The van der Waals surface area contributed by atoms with Gasteiger partial charge in [0.15, 0.2) is 9.84 Å². The van der Waals surface area contributed by atoms with E-state index in [0.717, 1.165) is 17.3 Å². The van der Waals surface area contributed by atoms with Crippen molar-refractivity contribution < 1.29 is 8.42 Å². The molecule has 0 saturated carbocycles. The van der Waals surface area contributed by atoms with Crippen LogP contribution in [0, 0.1) is 0 Å². The molecule has 1 aromatic rings. The first kappa shape index (κ1) is 11.7. The molecular weight excluding hydrogens is 264 g/mol. The van der Waals surface area contributed by atoms with E-state index in [1.54, 1.807) is 24.3 Å². The Morgan fingerprint density at radius 2 is 1.79 bits per heavy atom. The summed E-state index contributed by atoms with van der Waals surface area (Å²) in [7, 11) is -3.06. The molecular formula is C10H13BrO2S. The normalized spacial score (nSPS) is 11.6. The third-order valence-electron chi connectivity index (χ3n) is 1.94. The standard InChI is InChI=1S/C10H13BrO2S/c1-2-3-8-14(12,13)10-6-4-9(11)5-7-10/h4-7H,2-3,8H2,1H3. The topological polar surface area (TPSA) is 34.1 Å². The molecule has 0 unspecified atom stereocenters. The molecule has 14 heavy (non-hydrogen) atoms. The molecule has 0 aliphatic rings. The summed E-state index contributed by atoms with van der Waals surface area (Å²) in [4.78, 5) is 0.411. The Morgan fingerprint density at radius 3 is 2.29 bits per heavy atom. The van der Waals surface area contributed by atoms with E-state index in [1.807, 2.05) is 6.92 Å². The van der Waals surface area contributed by atoms with E-state index < -0.39 is 9.84 Å². The maximum atomic E-state index is 11.7. The van der Waals surface area contributed by atoms with Crippen LogP contribution in [0.25, 0.3) is 0 Å². The first-order valence-corrected chi connectivity index (χ1v) is 6.99. The van der Waals surface area contributed by atoms with Gasteiger partial charge in [-0.1, -0.05) is 29.3 Å². The van der Waals surface area contributed by atoms with Crippen molar-refractivity contribution in [2.75, 3.05) is 5.75 Å². The van der Waals surface area contributed by atoms with Gasteiger partial charge in [0.25, 0.3) is 0 Å². The van der Waals surface area contributed by atoms with Crippen LogP contribution in [-0.4, -0.2) is 14.2 Å². The smallest absolute Gasteiger partial charge is 0.178 e. The predicted octanol–water partition coefficient (Wildman–Crippen LogP) is 3.02. The summed E-state index contributed by atoms with van der Waals surface area (Å²) < 4.78 is 24.3. The second kappa shape index (κ2) is 4.94. The Kier molecular flexibility index (Phi) is 4.13. The molecule has 4 heteroatoms. The molecule has 0 amide bonds. The van der Waals surface area contributed by atoms with Crippen molar-refractivity contribution in [3.8, 4) is 0 Å². The number of benzene rings is 1. The van der Waals surface area contributed by atoms with Crippen LogP contribution in [0.2, 0.25) is 0 Å². The van der Waals surface area contributed by atoms with Gasteiger partial charge >= 0.3 is 0 Å². The quantitative estimate of drug-likeness (QED) is 0.847. The van der Waals surface area contributed by atoms with Crippen LogP contribution in [0.15, 0.2) is 33.6 Å². The molecule has 0 aliphatic carbocycles. The van der Waals surface area contributed by atoms with Gasteiger partial charge in [0.1, 0.15) is 0 Å². The van der Waals surface area contributed by atoms with Crippen molar-refractivity contribution >= 4 is 25.8 Å². The van der Waals surface area contributed by atoms with Gasteiger partial charge in [0, 0.05) is 4.47 Å². The zero-order valence-electron chi connectivity index (χ0n) is 8.03. The van der Waals surface area contributed by atoms with Crippen LogP contribution in [-0.2, 0) is 9.84 Å². The molecule has 0 N–H and O–H groups in total. The van der Waals surface area contributed by atoms with Crippen LogP contribution in [0.1, 0.15) is 19.8 Å². The lowest BCUT2D eigenvalue weighted by atomic mass is 10.4. The Morgan fingerprint density at radius 1 is 1.21 bits per heavy atom. The fourth-order valence-corrected chi connectivity index (χ4v) is 2.81. The number of sulfone groups is 1. The molecule has 0 fully saturated rings. The molecule has 0 heterocycles. The van der Waals surface area contributed by atoms with E-state index in [0.29, 0.717) is 4.90 Å². The molecule has 2 nitrogen and oxygen atoms in total. The largest absolute Gasteiger partial charge is 0.224 e. The molecule has 0 aromatic heterocycles. The Balaban J connectivity index is 2.87. The minimum atomic E-state index is -3.06. The van der Waals surface area contributed by atoms with E-state index in [1.165, 1.54) is 0 Å². The van der Waals surface area contributed by atoms with Gasteiger partial charge < -0.3 is 0 Å². The highest BCUT2D eigenvalue weighted by atomic mass is 79.9. The summed E-state index contributed by atoms with van der Waals surface area (Å²) in [6.07, 6.45) is 1.62. The van der Waals surface area contributed by atoms with Crippen LogP contribution < -0.4 is 0 Å². The van der Waals surface area contributed by atoms with Crippen molar-refractivity contribution in [1.82, 2.24) is 0 Å². The number of hydrogen-bond donors (Lipinski definition) is 0. The molecule has 0 radical (unpaired) electrons. The lowest BCUT2D eigenvalue weighted by Crippen LogP contribution is -2.06. The Hall–Kier alpha value is -0.350. The molecule has 0 bridgehead atoms. The van der Waals surface area contributed by atoms with Crippen LogP contribution >= 0.6 is 15.9 Å². The van der Waals surface area contributed by atoms with Gasteiger partial charge in [0.05, 0.1) is 10.6 Å². The summed E-state index contributed by atoms with van der Waals surface area (Å²) >= 11 is 3.27. The number of halogens is 1. The first-order valence-electron chi connectivity index (χ1n) is 4.54. The van der Waals surface area contributed by atoms with Crippen LogP contribution in [0.5, 0.6) is 0 Å². The van der Waals surface area contributed by atoms with Crippen molar-refractivity contribution in [1.29, 1.82) is 0 Å². The predicted molar refractivity (Wildman–Crippen MR) is 61.1 cm³/mol.